The summed E-state index contributed by atoms with van der Waals surface area (Å²) in [5.41, 5.74) is 6.64. The molecule has 20 heavy (non-hydrogen) atoms. The zero-order valence-electron chi connectivity index (χ0n) is 11.2. The number of nitrogens with two attached hydrogens (primary N) is 1. The molecule has 0 aliphatic carbocycles. The van der Waals surface area contributed by atoms with Crippen LogP contribution in [0.4, 0.5) is 0 Å². The van der Waals surface area contributed by atoms with Crippen molar-refractivity contribution in [2.45, 2.75) is 24.4 Å². The highest BCUT2D eigenvalue weighted by atomic mass is 32.2. The van der Waals surface area contributed by atoms with Crippen LogP contribution in [0.5, 0.6) is 0 Å². The van der Waals surface area contributed by atoms with E-state index >= 15 is 0 Å². The average molecular weight is 294 g/mol. The van der Waals surface area contributed by atoms with Gasteiger partial charge in [0.15, 0.2) is 0 Å². The van der Waals surface area contributed by atoms with E-state index in [0.717, 1.165) is 5.56 Å². The molecule has 3 N–H and O–H groups in total. The zero-order valence-corrected chi connectivity index (χ0v) is 12.0. The molecule has 0 aliphatic heterocycles. The molecule has 0 aliphatic rings. The summed E-state index contributed by atoms with van der Waals surface area (Å²) in [6.45, 7) is 2.71. The van der Waals surface area contributed by atoms with E-state index in [0.29, 0.717) is 13.1 Å². The number of nitrogens with zero attached hydrogens (tertiary/aromatic N) is 2. The summed E-state index contributed by atoms with van der Waals surface area (Å²) in [5, 5.41) is 0. The number of benzene rings is 1. The maximum absolute atomic E-state index is 12.1. The normalized spacial score (nSPS) is 13.3. The number of sulfonamides is 1. The van der Waals surface area contributed by atoms with E-state index < -0.39 is 10.0 Å². The summed E-state index contributed by atoms with van der Waals surface area (Å²) in [5.74, 6) is 0. The molecule has 1 aromatic carbocycles. The Bertz CT molecular complexity index is 634. The minimum atomic E-state index is -3.48. The Hall–Kier alpha value is -1.70. The van der Waals surface area contributed by atoms with Crippen LogP contribution in [0, 0.1) is 0 Å². The number of hydrogen-bond donors (Lipinski definition) is 2. The number of aromatic nitrogens is 2. The van der Waals surface area contributed by atoms with Gasteiger partial charge < -0.3 is 10.3 Å². The van der Waals surface area contributed by atoms with E-state index in [9.17, 15) is 8.42 Å². The first kappa shape index (κ1) is 14.7. The van der Waals surface area contributed by atoms with Crippen molar-refractivity contribution in [1.82, 2.24) is 14.3 Å². The van der Waals surface area contributed by atoms with Gasteiger partial charge in [-0.2, -0.15) is 0 Å². The molecule has 0 saturated heterocycles. The first-order chi connectivity index (χ1) is 9.49. The minimum Gasteiger partial charge on any atom is -0.336 e. The Morgan fingerprint density at radius 1 is 1.35 bits per heavy atom. The van der Waals surface area contributed by atoms with Gasteiger partial charge in [0.25, 0.3) is 0 Å². The molecule has 0 fully saturated rings. The first-order valence-corrected chi connectivity index (χ1v) is 7.78. The van der Waals surface area contributed by atoms with Gasteiger partial charge in [-0.25, -0.2) is 18.1 Å². The topological polar surface area (TPSA) is 90.0 Å². The van der Waals surface area contributed by atoms with Gasteiger partial charge in [-0.3, -0.25) is 0 Å². The monoisotopic (exact) mass is 294 g/mol. The van der Waals surface area contributed by atoms with E-state index in [1.165, 1.54) is 0 Å². The van der Waals surface area contributed by atoms with Crippen LogP contribution in [0.25, 0.3) is 0 Å². The Balaban J connectivity index is 1.99. The van der Waals surface area contributed by atoms with Gasteiger partial charge in [-0.05, 0) is 24.6 Å². The molecule has 6 nitrogen and oxygen atoms in total. The fraction of sp³-hybridized carbons (Fsp3) is 0.308. The van der Waals surface area contributed by atoms with Gasteiger partial charge in [-0.1, -0.05) is 12.1 Å². The van der Waals surface area contributed by atoms with Gasteiger partial charge in [0.2, 0.25) is 10.0 Å². The number of imidazole rings is 1. The molecule has 1 atom stereocenters. The molecule has 0 saturated carbocycles. The highest BCUT2D eigenvalue weighted by molar-refractivity contribution is 7.89. The van der Waals surface area contributed by atoms with Crippen molar-refractivity contribution in [2.75, 3.05) is 6.54 Å². The summed E-state index contributed by atoms with van der Waals surface area (Å²) in [7, 11) is -3.48. The Kier molecular flexibility index (Phi) is 4.53. The van der Waals surface area contributed by atoms with Gasteiger partial charge in [-0.15, -0.1) is 0 Å². The number of rotatable bonds is 6. The maximum Gasteiger partial charge on any atom is 0.240 e. The molecule has 1 heterocycles. The van der Waals surface area contributed by atoms with Gasteiger partial charge >= 0.3 is 0 Å². The molecule has 2 rings (SSSR count). The van der Waals surface area contributed by atoms with Crippen LogP contribution < -0.4 is 10.5 Å². The fourth-order valence-corrected chi connectivity index (χ4v) is 2.78. The van der Waals surface area contributed by atoms with Crippen LogP contribution in [0.3, 0.4) is 0 Å². The zero-order chi connectivity index (χ0) is 14.6. The van der Waals surface area contributed by atoms with Crippen LogP contribution in [0.1, 0.15) is 18.5 Å². The van der Waals surface area contributed by atoms with Crippen molar-refractivity contribution in [3.8, 4) is 0 Å². The van der Waals surface area contributed by atoms with E-state index in [2.05, 4.69) is 9.71 Å². The summed E-state index contributed by atoms with van der Waals surface area (Å²) in [6, 6.07) is 6.49. The van der Waals surface area contributed by atoms with Gasteiger partial charge in [0.05, 0.1) is 11.2 Å². The second-order valence-electron chi connectivity index (χ2n) is 4.56. The molecule has 1 aromatic heterocycles. The number of nitrogens with one attached hydrogen (secondary N) is 1. The first-order valence-electron chi connectivity index (χ1n) is 6.30. The Labute approximate surface area is 118 Å². The second kappa shape index (κ2) is 6.17. The molecule has 1 unspecified atom stereocenters. The third kappa shape index (κ3) is 3.66. The molecule has 7 heteroatoms. The van der Waals surface area contributed by atoms with Crippen molar-refractivity contribution < 1.29 is 8.42 Å². The third-order valence-electron chi connectivity index (χ3n) is 2.94. The van der Waals surface area contributed by atoms with Crippen LogP contribution >= 0.6 is 0 Å². The molecule has 108 valence electrons. The van der Waals surface area contributed by atoms with Crippen LogP contribution in [-0.2, 0) is 16.6 Å². The van der Waals surface area contributed by atoms with E-state index in [1.807, 2.05) is 11.5 Å². The predicted octanol–water partition coefficient (Wildman–Crippen LogP) is 0.881. The van der Waals surface area contributed by atoms with Crippen LogP contribution in [0.2, 0.25) is 0 Å². The number of hydrogen-bond acceptors (Lipinski definition) is 4. The maximum atomic E-state index is 12.1. The van der Waals surface area contributed by atoms with Crippen molar-refractivity contribution in [3.05, 3.63) is 48.5 Å². The van der Waals surface area contributed by atoms with Crippen molar-refractivity contribution in [2.24, 2.45) is 5.73 Å². The minimum absolute atomic E-state index is 0.110. The van der Waals surface area contributed by atoms with Gasteiger partial charge in [0, 0.05) is 31.5 Å². The molecule has 0 bridgehead atoms. The average Bonchev–Trinajstić information content (AvgIpc) is 2.92. The predicted molar refractivity (Wildman–Crippen MR) is 76.5 cm³/mol. The molecular weight excluding hydrogens is 276 g/mol. The molecule has 0 spiro atoms. The smallest absolute Gasteiger partial charge is 0.240 e. The van der Waals surface area contributed by atoms with E-state index in [1.54, 1.807) is 43.0 Å². The lowest BCUT2D eigenvalue weighted by molar-refractivity contribution is 0.572. The fourth-order valence-electron chi connectivity index (χ4n) is 1.76. The standard InChI is InChI=1S/C13H18N4O2S/c1-11(14)12-2-4-13(5-3-12)20(18,19)16-7-9-17-8-6-15-10-17/h2-6,8,10-11,16H,7,9,14H2,1H3. The Morgan fingerprint density at radius 2 is 2.05 bits per heavy atom. The van der Waals surface area contributed by atoms with Crippen molar-refractivity contribution >= 4 is 10.0 Å². The highest BCUT2D eigenvalue weighted by Crippen LogP contribution is 2.14. The Morgan fingerprint density at radius 3 is 2.60 bits per heavy atom. The van der Waals surface area contributed by atoms with Gasteiger partial charge in [0.1, 0.15) is 0 Å². The third-order valence-corrected chi connectivity index (χ3v) is 4.41. The summed E-state index contributed by atoms with van der Waals surface area (Å²) >= 11 is 0. The lowest BCUT2D eigenvalue weighted by atomic mass is 10.1. The lowest BCUT2D eigenvalue weighted by Gasteiger charge is -2.09. The van der Waals surface area contributed by atoms with Crippen LogP contribution in [-0.4, -0.2) is 24.5 Å². The summed E-state index contributed by atoms with van der Waals surface area (Å²) in [6.07, 6.45) is 5.08. The molecule has 2 aromatic rings. The van der Waals surface area contributed by atoms with Crippen molar-refractivity contribution in [3.63, 3.8) is 0 Å². The summed E-state index contributed by atoms with van der Waals surface area (Å²) < 4.78 is 28.5. The van der Waals surface area contributed by atoms with E-state index in [4.69, 9.17) is 5.73 Å². The SMILES string of the molecule is CC(N)c1ccc(S(=O)(=O)NCCn2ccnc2)cc1. The molecular formula is C13H18N4O2S. The quantitative estimate of drug-likeness (QED) is 0.827. The summed E-state index contributed by atoms with van der Waals surface area (Å²) in [4.78, 5) is 4.14. The van der Waals surface area contributed by atoms with Crippen LogP contribution in [0.15, 0.2) is 47.9 Å². The van der Waals surface area contributed by atoms with E-state index in [-0.39, 0.29) is 10.9 Å². The second-order valence-corrected chi connectivity index (χ2v) is 6.32. The lowest BCUT2D eigenvalue weighted by Crippen LogP contribution is -2.27. The highest BCUT2D eigenvalue weighted by Gasteiger charge is 2.13. The molecule has 0 radical (unpaired) electrons. The molecule has 0 amide bonds. The van der Waals surface area contributed by atoms with Crippen molar-refractivity contribution in [1.29, 1.82) is 0 Å². The largest absolute Gasteiger partial charge is 0.336 e.